The molecule has 0 aromatic heterocycles. The Morgan fingerprint density at radius 3 is 2.61 bits per heavy atom. The lowest BCUT2D eigenvalue weighted by atomic mass is 9.93. The van der Waals surface area contributed by atoms with Crippen LogP contribution >= 0.6 is 0 Å². The average Bonchev–Trinajstić information content (AvgIpc) is 2.46. The van der Waals surface area contributed by atoms with Crippen molar-refractivity contribution in [2.45, 2.75) is 12.3 Å². The fourth-order valence-corrected chi connectivity index (χ4v) is 2.18. The van der Waals surface area contributed by atoms with Gasteiger partial charge in [-0.1, -0.05) is 48.2 Å². The van der Waals surface area contributed by atoms with Crippen LogP contribution in [0.25, 0.3) is 0 Å². The standard InChI is InChI=1S/C17H14O/c1-2-6-14(7-3-1)10-11-15-12-13-18-17-9-5-4-8-16(15)17/h1-9,15H,12-13H2. The molecule has 0 spiro atoms. The van der Waals surface area contributed by atoms with Crippen molar-refractivity contribution in [2.75, 3.05) is 6.61 Å². The zero-order valence-electron chi connectivity index (χ0n) is 10.1. The van der Waals surface area contributed by atoms with E-state index >= 15 is 0 Å². The summed E-state index contributed by atoms with van der Waals surface area (Å²) in [5, 5.41) is 0. The van der Waals surface area contributed by atoms with Crippen molar-refractivity contribution < 1.29 is 4.74 Å². The molecule has 2 aromatic rings. The van der Waals surface area contributed by atoms with E-state index in [1.165, 1.54) is 5.56 Å². The minimum atomic E-state index is 0.287. The van der Waals surface area contributed by atoms with Crippen molar-refractivity contribution in [1.82, 2.24) is 0 Å². The first-order valence-electron chi connectivity index (χ1n) is 6.22. The third-order valence-corrected chi connectivity index (χ3v) is 3.12. The van der Waals surface area contributed by atoms with Crippen LogP contribution in [0.15, 0.2) is 54.6 Å². The number of hydrogen-bond donors (Lipinski definition) is 0. The van der Waals surface area contributed by atoms with Crippen LogP contribution in [0, 0.1) is 11.8 Å². The number of hydrogen-bond acceptors (Lipinski definition) is 1. The highest BCUT2D eigenvalue weighted by molar-refractivity contribution is 5.44. The van der Waals surface area contributed by atoms with Crippen molar-refractivity contribution in [3.63, 3.8) is 0 Å². The van der Waals surface area contributed by atoms with Crippen molar-refractivity contribution >= 4 is 0 Å². The Morgan fingerprint density at radius 1 is 0.944 bits per heavy atom. The van der Waals surface area contributed by atoms with E-state index < -0.39 is 0 Å². The van der Waals surface area contributed by atoms with E-state index in [-0.39, 0.29) is 5.92 Å². The Hall–Kier alpha value is -2.20. The molecule has 18 heavy (non-hydrogen) atoms. The van der Waals surface area contributed by atoms with Gasteiger partial charge in [-0.15, -0.1) is 0 Å². The van der Waals surface area contributed by atoms with Gasteiger partial charge in [0.15, 0.2) is 0 Å². The Balaban J connectivity index is 1.89. The van der Waals surface area contributed by atoms with E-state index in [0.29, 0.717) is 0 Å². The zero-order chi connectivity index (χ0) is 12.2. The molecule has 0 radical (unpaired) electrons. The molecule has 0 saturated carbocycles. The first-order valence-corrected chi connectivity index (χ1v) is 6.22. The SMILES string of the molecule is C(#CC1CCOc2ccccc21)c1ccccc1. The normalized spacial score (nSPS) is 17.0. The molecular weight excluding hydrogens is 220 g/mol. The fraction of sp³-hybridized carbons (Fsp3) is 0.176. The van der Waals surface area contributed by atoms with Gasteiger partial charge in [0.1, 0.15) is 5.75 Å². The van der Waals surface area contributed by atoms with Crippen molar-refractivity contribution in [3.05, 3.63) is 65.7 Å². The first kappa shape index (κ1) is 10.9. The maximum Gasteiger partial charge on any atom is 0.123 e. The minimum absolute atomic E-state index is 0.287. The summed E-state index contributed by atoms with van der Waals surface area (Å²) < 4.78 is 5.64. The second kappa shape index (κ2) is 4.98. The van der Waals surface area contributed by atoms with Crippen molar-refractivity contribution in [3.8, 4) is 17.6 Å². The largest absolute Gasteiger partial charge is 0.493 e. The average molecular weight is 234 g/mol. The van der Waals surface area contributed by atoms with Crippen LogP contribution in [0.4, 0.5) is 0 Å². The molecule has 1 aliphatic heterocycles. The van der Waals surface area contributed by atoms with Gasteiger partial charge in [0.05, 0.1) is 12.5 Å². The fourth-order valence-electron chi connectivity index (χ4n) is 2.18. The van der Waals surface area contributed by atoms with Crippen molar-refractivity contribution in [1.29, 1.82) is 0 Å². The van der Waals surface area contributed by atoms with Crippen LogP contribution in [-0.4, -0.2) is 6.61 Å². The van der Waals surface area contributed by atoms with Crippen LogP contribution in [0.5, 0.6) is 5.75 Å². The van der Waals surface area contributed by atoms with E-state index in [1.807, 2.05) is 48.5 Å². The molecule has 0 aliphatic carbocycles. The predicted octanol–water partition coefficient (Wildman–Crippen LogP) is 3.60. The van der Waals surface area contributed by atoms with Gasteiger partial charge in [-0.05, 0) is 24.6 Å². The molecule has 1 aliphatic rings. The van der Waals surface area contributed by atoms with Crippen LogP contribution in [-0.2, 0) is 0 Å². The van der Waals surface area contributed by atoms with Gasteiger partial charge in [0.25, 0.3) is 0 Å². The third-order valence-electron chi connectivity index (χ3n) is 3.12. The summed E-state index contributed by atoms with van der Waals surface area (Å²) in [7, 11) is 0. The number of ether oxygens (including phenoxy) is 1. The van der Waals surface area contributed by atoms with E-state index in [9.17, 15) is 0 Å². The van der Waals surface area contributed by atoms with Crippen LogP contribution in [0.1, 0.15) is 23.5 Å². The van der Waals surface area contributed by atoms with Gasteiger partial charge >= 0.3 is 0 Å². The molecule has 0 N–H and O–H groups in total. The third kappa shape index (κ3) is 2.24. The number of para-hydroxylation sites is 1. The highest BCUT2D eigenvalue weighted by Gasteiger charge is 2.18. The summed E-state index contributed by atoms with van der Waals surface area (Å²) in [5.74, 6) is 7.88. The first-order chi connectivity index (χ1) is 8.93. The molecular formula is C17H14O. The Kier molecular flexibility index (Phi) is 3.02. The van der Waals surface area contributed by atoms with Crippen LogP contribution in [0.2, 0.25) is 0 Å². The highest BCUT2D eigenvalue weighted by Crippen LogP contribution is 2.32. The van der Waals surface area contributed by atoms with Gasteiger partial charge < -0.3 is 4.74 Å². The summed E-state index contributed by atoms with van der Waals surface area (Å²) in [4.78, 5) is 0. The Morgan fingerprint density at radius 2 is 1.72 bits per heavy atom. The Bertz CT molecular complexity index is 590. The smallest absolute Gasteiger partial charge is 0.123 e. The number of rotatable bonds is 0. The molecule has 1 nitrogen and oxygen atoms in total. The molecule has 2 aromatic carbocycles. The number of benzene rings is 2. The molecule has 1 unspecified atom stereocenters. The maximum absolute atomic E-state index is 5.64. The van der Waals surface area contributed by atoms with Crippen LogP contribution in [0.3, 0.4) is 0 Å². The lowest BCUT2D eigenvalue weighted by Gasteiger charge is -2.21. The summed E-state index contributed by atoms with van der Waals surface area (Å²) in [6.07, 6.45) is 0.969. The summed E-state index contributed by atoms with van der Waals surface area (Å²) in [6.45, 7) is 0.755. The molecule has 88 valence electrons. The Labute approximate surface area is 107 Å². The van der Waals surface area contributed by atoms with E-state index in [2.05, 4.69) is 17.9 Å². The molecule has 0 bridgehead atoms. The molecule has 3 rings (SSSR count). The molecule has 1 heteroatoms. The molecule has 0 saturated heterocycles. The lowest BCUT2D eigenvalue weighted by Crippen LogP contribution is -2.12. The van der Waals surface area contributed by atoms with E-state index in [4.69, 9.17) is 4.74 Å². The quantitative estimate of drug-likeness (QED) is 0.633. The van der Waals surface area contributed by atoms with Crippen molar-refractivity contribution in [2.24, 2.45) is 0 Å². The minimum Gasteiger partial charge on any atom is -0.493 e. The lowest BCUT2D eigenvalue weighted by molar-refractivity contribution is 0.280. The van der Waals surface area contributed by atoms with Gasteiger partial charge in [-0.3, -0.25) is 0 Å². The second-order valence-corrected chi connectivity index (χ2v) is 4.36. The van der Waals surface area contributed by atoms with Gasteiger partial charge in [-0.2, -0.15) is 0 Å². The van der Waals surface area contributed by atoms with Gasteiger partial charge in [0, 0.05) is 11.1 Å². The summed E-state index contributed by atoms with van der Waals surface area (Å²) in [5.41, 5.74) is 2.29. The molecule has 1 atom stereocenters. The van der Waals surface area contributed by atoms with Gasteiger partial charge in [-0.25, -0.2) is 0 Å². The molecule has 1 heterocycles. The highest BCUT2D eigenvalue weighted by atomic mass is 16.5. The number of fused-ring (bicyclic) bond motifs is 1. The van der Waals surface area contributed by atoms with Gasteiger partial charge in [0.2, 0.25) is 0 Å². The van der Waals surface area contributed by atoms with E-state index in [1.54, 1.807) is 0 Å². The second-order valence-electron chi connectivity index (χ2n) is 4.36. The van der Waals surface area contributed by atoms with Crippen LogP contribution < -0.4 is 4.74 Å². The topological polar surface area (TPSA) is 9.23 Å². The zero-order valence-corrected chi connectivity index (χ0v) is 10.1. The van der Waals surface area contributed by atoms with E-state index in [0.717, 1.165) is 24.3 Å². The monoisotopic (exact) mass is 234 g/mol. The maximum atomic E-state index is 5.64. The summed E-state index contributed by atoms with van der Waals surface area (Å²) >= 11 is 0. The molecule has 0 fully saturated rings. The summed E-state index contributed by atoms with van der Waals surface area (Å²) in [6, 6.07) is 18.3. The molecule has 0 amide bonds. The predicted molar refractivity (Wildman–Crippen MR) is 72.6 cm³/mol.